The van der Waals surface area contributed by atoms with Gasteiger partial charge in [-0.05, 0) is 80.4 Å². The SMILES string of the molecule is CC(=O)NCC1CCN(Cc2cc(Oc3ccc(N4CC(CN)[C@@H](O)C4)nc3)nc(-c3cc(Cl)cc(Cl)c3)c2)CC1. The van der Waals surface area contributed by atoms with Crippen LogP contribution >= 0.6 is 23.2 Å². The first-order valence-electron chi connectivity index (χ1n) is 14.0. The molecule has 0 radical (unpaired) electrons. The van der Waals surface area contributed by atoms with Gasteiger partial charge in [-0.25, -0.2) is 9.97 Å². The van der Waals surface area contributed by atoms with Crippen molar-refractivity contribution in [2.75, 3.05) is 44.2 Å². The monoisotopic (exact) mass is 598 g/mol. The minimum absolute atomic E-state index is 0.0188. The zero-order valence-electron chi connectivity index (χ0n) is 23.1. The highest BCUT2D eigenvalue weighted by Gasteiger charge is 2.31. The number of likely N-dealkylation sites (tertiary alicyclic amines) is 1. The number of amides is 1. The van der Waals surface area contributed by atoms with Crippen molar-refractivity contribution < 1.29 is 14.6 Å². The molecular formula is C30H36Cl2N6O3. The maximum atomic E-state index is 11.3. The Morgan fingerprint density at radius 3 is 2.51 bits per heavy atom. The van der Waals surface area contributed by atoms with Crippen LogP contribution in [0, 0.1) is 11.8 Å². The normalized spacial score (nSPS) is 19.9. The summed E-state index contributed by atoms with van der Waals surface area (Å²) in [5.74, 6) is 2.33. The number of carbonyl (C=O) groups is 1. The van der Waals surface area contributed by atoms with Crippen LogP contribution in [0.1, 0.15) is 25.3 Å². The van der Waals surface area contributed by atoms with E-state index in [1.54, 1.807) is 19.2 Å². The molecule has 2 fully saturated rings. The lowest BCUT2D eigenvalue weighted by atomic mass is 9.96. The van der Waals surface area contributed by atoms with Crippen molar-refractivity contribution >= 4 is 34.9 Å². The van der Waals surface area contributed by atoms with Gasteiger partial charge in [-0.2, -0.15) is 0 Å². The third-order valence-corrected chi connectivity index (χ3v) is 8.19. The molecule has 2 aliphatic rings. The zero-order chi connectivity index (χ0) is 28.9. The number of hydrogen-bond acceptors (Lipinski definition) is 8. The predicted octanol–water partition coefficient (Wildman–Crippen LogP) is 4.35. The van der Waals surface area contributed by atoms with Gasteiger partial charge in [0.25, 0.3) is 0 Å². The Hall–Kier alpha value is -2.95. The van der Waals surface area contributed by atoms with Gasteiger partial charge in [0.15, 0.2) is 0 Å². The number of rotatable bonds is 9. The molecule has 5 rings (SSSR count). The Morgan fingerprint density at radius 1 is 1.12 bits per heavy atom. The Kier molecular flexibility index (Phi) is 9.62. The number of nitrogens with one attached hydrogen (secondary N) is 1. The van der Waals surface area contributed by atoms with E-state index in [0.717, 1.165) is 56.0 Å². The lowest BCUT2D eigenvalue weighted by molar-refractivity contribution is -0.119. The van der Waals surface area contributed by atoms with Crippen molar-refractivity contribution in [3.8, 4) is 22.9 Å². The second-order valence-corrected chi connectivity index (χ2v) is 11.8. The smallest absolute Gasteiger partial charge is 0.220 e. The molecule has 1 unspecified atom stereocenters. The van der Waals surface area contributed by atoms with Gasteiger partial charge in [0.2, 0.25) is 11.8 Å². The second kappa shape index (κ2) is 13.4. The third-order valence-electron chi connectivity index (χ3n) is 7.75. The van der Waals surface area contributed by atoms with Crippen LogP contribution in [0.25, 0.3) is 11.3 Å². The number of hydrogen-bond donors (Lipinski definition) is 3. The van der Waals surface area contributed by atoms with Crippen LogP contribution in [0.4, 0.5) is 5.82 Å². The molecule has 1 aromatic carbocycles. The molecule has 0 spiro atoms. The lowest BCUT2D eigenvalue weighted by Crippen LogP contribution is -2.37. The molecule has 4 heterocycles. The van der Waals surface area contributed by atoms with Crippen LogP contribution in [0.5, 0.6) is 11.6 Å². The van der Waals surface area contributed by atoms with Crippen LogP contribution in [0.15, 0.2) is 48.7 Å². The summed E-state index contributed by atoms with van der Waals surface area (Å²) in [6, 6.07) is 13.1. The number of benzene rings is 1. The van der Waals surface area contributed by atoms with Gasteiger partial charge >= 0.3 is 0 Å². The molecule has 2 aromatic heterocycles. The molecule has 2 atom stereocenters. The van der Waals surface area contributed by atoms with Gasteiger partial charge in [-0.1, -0.05) is 23.2 Å². The zero-order valence-corrected chi connectivity index (χ0v) is 24.6. The van der Waals surface area contributed by atoms with E-state index in [1.165, 1.54) is 0 Å². The summed E-state index contributed by atoms with van der Waals surface area (Å²) in [6.45, 7) is 6.54. The van der Waals surface area contributed by atoms with Crippen molar-refractivity contribution in [1.29, 1.82) is 0 Å². The quantitative estimate of drug-likeness (QED) is 0.333. The number of β-amino-alcohol motifs (C(OH)–C–C–N with tert-alkyl or cyclic N) is 1. The summed E-state index contributed by atoms with van der Waals surface area (Å²) in [7, 11) is 0. The fourth-order valence-corrected chi connectivity index (χ4v) is 5.99. The van der Waals surface area contributed by atoms with E-state index in [4.69, 9.17) is 38.7 Å². The molecule has 2 aliphatic heterocycles. The maximum absolute atomic E-state index is 11.3. The van der Waals surface area contributed by atoms with Gasteiger partial charge in [0.1, 0.15) is 11.6 Å². The number of aliphatic hydroxyl groups is 1. The van der Waals surface area contributed by atoms with Crippen LogP contribution in [0.2, 0.25) is 10.0 Å². The second-order valence-electron chi connectivity index (χ2n) is 10.9. The van der Waals surface area contributed by atoms with Crippen molar-refractivity contribution in [1.82, 2.24) is 20.2 Å². The first kappa shape index (κ1) is 29.5. The fourth-order valence-electron chi connectivity index (χ4n) is 5.46. The van der Waals surface area contributed by atoms with Crippen molar-refractivity contribution in [3.63, 3.8) is 0 Å². The third kappa shape index (κ3) is 7.87. The fraction of sp³-hybridized carbons (Fsp3) is 0.433. The van der Waals surface area contributed by atoms with E-state index in [2.05, 4.69) is 15.2 Å². The number of pyridine rings is 2. The number of carbonyl (C=O) groups excluding carboxylic acids is 1. The Balaban J connectivity index is 1.33. The summed E-state index contributed by atoms with van der Waals surface area (Å²) in [6.07, 6.45) is 3.28. The summed E-state index contributed by atoms with van der Waals surface area (Å²) < 4.78 is 6.20. The number of piperidine rings is 1. The number of nitrogens with two attached hydrogens (primary N) is 1. The van der Waals surface area contributed by atoms with Crippen molar-refractivity contribution in [3.05, 3.63) is 64.3 Å². The highest BCUT2D eigenvalue weighted by molar-refractivity contribution is 6.35. The van der Waals surface area contributed by atoms with E-state index in [0.29, 0.717) is 52.9 Å². The maximum Gasteiger partial charge on any atom is 0.220 e. The molecule has 218 valence electrons. The molecule has 0 bridgehead atoms. The summed E-state index contributed by atoms with van der Waals surface area (Å²) >= 11 is 12.6. The molecule has 9 nitrogen and oxygen atoms in total. The van der Waals surface area contributed by atoms with Gasteiger partial charge in [0, 0.05) is 60.7 Å². The minimum atomic E-state index is -0.453. The highest BCUT2D eigenvalue weighted by Crippen LogP contribution is 2.31. The van der Waals surface area contributed by atoms with E-state index >= 15 is 0 Å². The highest BCUT2D eigenvalue weighted by atomic mass is 35.5. The molecule has 11 heteroatoms. The van der Waals surface area contributed by atoms with Gasteiger partial charge < -0.3 is 25.8 Å². The van der Waals surface area contributed by atoms with Crippen LogP contribution in [0.3, 0.4) is 0 Å². The standard InChI is InChI=1S/C30H36Cl2N6O3/c1-19(39)34-14-20-4-6-37(7-5-20)16-21-8-27(22-10-24(31)12-25(32)11-22)36-30(9-21)41-26-2-3-29(35-15-26)38-17-23(13-33)28(40)18-38/h2-3,8-12,15,20,23,28,40H,4-7,13-14,16-18,33H2,1H3,(H,34,39)/t23?,28-/m0/s1. The number of aromatic nitrogens is 2. The van der Waals surface area contributed by atoms with Crippen molar-refractivity contribution in [2.45, 2.75) is 32.4 Å². The van der Waals surface area contributed by atoms with Crippen LogP contribution in [-0.2, 0) is 11.3 Å². The molecule has 0 saturated carbocycles. The summed E-state index contributed by atoms with van der Waals surface area (Å²) in [4.78, 5) is 25.1. The number of aliphatic hydroxyl groups excluding tert-OH is 1. The molecule has 1 amide bonds. The summed E-state index contributed by atoms with van der Waals surface area (Å²) in [5, 5.41) is 14.2. The Labute approximate surface area is 250 Å². The average molecular weight is 600 g/mol. The Bertz CT molecular complexity index is 1330. The minimum Gasteiger partial charge on any atom is -0.437 e. The van der Waals surface area contributed by atoms with Crippen molar-refractivity contribution in [2.24, 2.45) is 17.6 Å². The van der Waals surface area contributed by atoms with Gasteiger partial charge in [-0.15, -0.1) is 0 Å². The van der Waals surface area contributed by atoms with Crippen LogP contribution < -0.4 is 20.7 Å². The first-order chi connectivity index (χ1) is 19.7. The largest absolute Gasteiger partial charge is 0.437 e. The molecule has 3 aromatic rings. The number of halogens is 2. The first-order valence-corrected chi connectivity index (χ1v) is 14.7. The van der Waals surface area contributed by atoms with E-state index in [9.17, 15) is 9.90 Å². The number of anilines is 1. The van der Waals surface area contributed by atoms with Crippen LogP contribution in [-0.4, -0.2) is 71.3 Å². The summed E-state index contributed by atoms with van der Waals surface area (Å²) in [5.41, 5.74) is 8.36. The van der Waals surface area contributed by atoms with E-state index < -0.39 is 6.10 Å². The average Bonchev–Trinajstić information content (AvgIpc) is 3.33. The molecule has 0 aliphatic carbocycles. The molecular weight excluding hydrogens is 563 g/mol. The molecule has 41 heavy (non-hydrogen) atoms. The lowest BCUT2D eigenvalue weighted by Gasteiger charge is -2.32. The predicted molar refractivity (Wildman–Crippen MR) is 161 cm³/mol. The Morgan fingerprint density at radius 2 is 1.88 bits per heavy atom. The molecule has 2 saturated heterocycles. The van der Waals surface area contributed by atoms with E-state index in [-0.39, 0.29) is 11.8 Å². The van der Waals surface area contributed by atoms with Gasteiger partial charge in [0.05, 0.1) is 18.0 Å². The number of ether oxygens (including phenoxy) is 1. The topological polar surface area (TPSA) is 117 Å². The van der Waals surface area contributed by atoms with Gasteiger partial charge in [-0.3, -0.25) is 9.69 Å². The number of nitrogens with zero attached hydrogens (tertiary/aromatic N) is 4. The molecule has 4 N–H and O–H groups in total. The van der Waals surface area contributed by atoms with E-state index in [1.807, 2.05) is 41.3 Å².